The van der Waals surface area contributed by atoms with Gasteiger partial charge in [0.2, 0.25) is 0 Å². The highest BCUT2D eigenvalue weighted by atomic mass is 32.1. The first kappa shape index (κ1) is 13.8. The van der Waals surface area contributed by atoms with Crippen LogP contribution in [0.3, 0.4) is 0 Å². The molecule has 2 aromatic heterocycles. The molecule has 108 valence electrons. The number of aromatic nitrogens is 2. The molecule has 0 aliphatic carbocycles. The Morgan fingerprint density at radius 2 is 2.35 bits per heavy atom. The molecule has 1 fully saturated rings. The average Bonchev–Trinajstić information content (AvgIpc) is 2.94. The predicted molar refractivity (Wildman–Crippen MR) is 85.4 cm³/mol. The molecular formula is C15H22N4S. The van der Waals surface area contributed by atoms with E-state index < -0.39 is 0 Å². The van der Waals surface area contributed by atoms with Gasteiger partial charge in [-0.15, -0.1) is 11.3 Å². The average molecular weight is 290 g/mol. The third-order valence-electron chi connectivity index (χ3n) is 4.10. The number of rotatable bonds is 5. The van der Waals surface area contributed by atoms with Gasteiger partial charge in [-0.05, 0) is 44.2 Å². The van der Waals surface area contributed by atoms with E-state index >= 15 is 0 Å². The van der Waals surface area contributed by atoms with Crippen LogP contribution in [0.15, 0.2) is 17.8 Å². The molecule has 0 unspecified atom stereocenters. The third-order valence-corrected chi connectivity index (χ3v) is 5.01. The minimum Gasteiger partial charge on any atom is -0.369 e. The quantitative estimate of drug-likeness (QED) is 0.857. The number of nitrogens with one attached hydrogen (secondary N) is 1. The van der Waals surface area contributed by atoms with Crippen LogP contribution in [-0.2, 0) is 0 Å². The third kappa shape index (κ3) is 3.10. The number of hydrogen-bond acceptors (Lipinski definition) is 5. The van der Waals surface area contributed by atoms with Crippen LogP contribution in [0.1, 0.15) is 32.6 Å². The first-order chi connectivity index (χ1) is 9.84. The summed E-state index contributed by atoms with van der Waals surface area (Å²) in [5.74, 6) is 0.983. The second-order valence-electron chi connectivity index (χ2n) is 5.52. The Hall–Kier alpha value is -1.20. The van der Waals surface area contributed by atoms with Crippen LogP contribution in [0.2, 0.25) is 0 Å². The second kappa shape index (κ2) is 6.50. The Labute approximate surface area is 124 Å². The minimum atomic E-state index is 0.756. The molecule has 20 heavy (non-hydrogen) atoms. The fraction of sp³-hybridized carbons (Fsp3) is 0.600. The molecular weight excluding hydrogens is 268 g/mol. The lowest BCUT2D eigenvalue weighted by molar-refractivity contribution is 0.160. The van der Waals surface area contributed by atoms with Crippen LogP contribution in [0.5, 0.6) is 0 Å². The van der Waals surface area contributed by atoms with Crippen molar-refractivity contribution in [1.29, 1.82) is 0 Å². The van der Waals surface area contributed by atoms with Crippen LogP contribution >= 0.6 is 11.3 Å². The van der Waals surface area contributed by atoms with E-state index in [0.717, 1.165) is 23.9 Å². The van der Waals surface area contributed by atoms with E-state index in [0.29, 0.717) is 0 Å². The lowest BCUT2D eigenvalue weighted by atomic mass is 10.0. The Kier molecular flexibility index (Phi) is 4.47. The summed E-state index contributed by atoms with van der Waals surface area (Å²) < 4.78 is 1.17. The number of piperidine rings is 1. The van der Waals surface area contributed by atoms with Crippen molar-refractivity contribution < 1.29 is 0 Å². The summed E-state index contributed by atoms with van der Waals surface area (Å²) in [4.78, 5) is 11.2. The summed E-state index contributed by atoms with van der Waals surface area (Å²) >= 11 is 1.70. The molecule has 1 atom stereocenters. The lowest BCUT2D eigenvalue weighted by Gasteiger charge is -2.33. The van der Waals surface area contributed by atoms with Crippen molar-refractivity contribution in [1.82, 2.24) is 14.9 Å². The van der Waals surface area contributed by atoms with Gasteiger partial charge in [-0.2, -0.15) is 0 Å². The minimum absolute atomic E-state index is 0.756. The summed E-state index contributed by atoms with van der Waals surface area (Å²) in [6, 6.07) is 2.80. The molecule has 0 aromatic carbocycles. The molecule has 1 aliphatic heterocycles. The summed E-state index contributed by atoms with van der Waals surface area (Å²) in [7, 11) is 0. The summed E-state index contributed by atoms with van der Waals surface area (Å²) in [5, 5.41) is 5.53. The maximum atomic E-state index is 4.35. The zero-order valence-electron chi connectivity index (χ0n) is 12.0. The number of thiophene rings is 1. The van der Waals surface area contributed by atoms with E-state index in [2.05, 4.69) is 32.5 Å². The molecule has 0 amide bonds. The van der Waals surface area contributed by atoms with Gasteiger partial charge in [0, 0.05) is 19.1 Å². The van der Waals surface area contributed by atoms with Gasteiger partial charge in [0.05, 0.1) is 10.2 Å². The van der Waals surface area contributed by atoms with Crippen LogP contribution in [0.25, 0.3) is 10.2 Å². The van der Waals surface area contributed by atoms with Gasteiger partial charge in [-0.3, -0.25) is 0 Å². The number of anilines is 1. The molecule has 1 aliphatic rings. The molecule has 0 spiro atoms. The molecule has 1 N–H and O–H groups in total. The van der Waals surface area contributed by atoms with Crippen molar-refractivity contribution in [2.24, 2.45) is 0 Å². The Morgan fingerprint density at radius 3 is 3.25 bits per heavy atom. The highest BCUT2D eigenvalue weighted by molar-refractivity contribution is 7.17. The van der Waals surface area contributed by atoms with Gasteiger partial charge >= 0.3 is 0 Å². The molecule has 3 heterocycles. The van der Waals surface area contributed by atoms with Crippen LogP contribution in [-0.4, -0.2) is 40.5 Å². The fourth-order valence-corrected chi connectivity index (χ4v) is 3.70. The number of hydrogen-bond donors (Lipinski definition) is 1. The Morgan fingerprint density at radius 1 is 1.40 bits per heavy atom. The van der Waals surface area contributed by atoms with Gasteiger partial charge in [-0.25, -0.2) is 9.97 Å². The lowest BCUT2D eigenvalue weighted by Crippen LogP contribution is -2.38. The van der Waals surface area contributed by atoms with E-state index in [1.807, 2.05) is 6.07 Å². The Bertz CT molecular complexity index is 554. The van der Waals surface area contributed by atoms with Crippen LogP contribution in [0, 0.1) is 0 Å². The molecule has 1 saturated heterocycles. The van der Waals surface area contributed by atoms with Crippen LogP contribution < -0.4 is 5.32 Å². The molecule has 0 saturated carbocycles. The van der Waals surface area contributed by atoms with Gasteiger partial charge in [0.1, 0.15) is 12.1 Å². The molecule has 3 rings (SSSR count). The molecule has 4 nitrogen and oxygen atoms in total. The SMILES string of the molecule is C[C@@H]1CCCCN1CCCNc1ncnc2ccsc12. The van der Waals surface area contributed by atoms with Crippen molar-refractivity contribution in [3.05, 3.63) is 17.8 Å². The van der Waals surface area contributed by atoms with E-state index in [-0.39, 0.29) is 0 Å². The van der Waals surface area contributed by atoms with Gasteiger partial charge < -0.3 is 10.2 Å². The first-order valence-corrected chi connectivity index (χ1v) is 8.38. The largest absolute Gasteiger partial charge is 0.369 e. The molecule has 0 bridgehead atoms. The van der Waals surface area contributed by atoms with Crippen molar-refractivity contribution in [2.75, 3.05) is 25.0 Å². The van der Waals surface area contributed by atoms with E-state index in [1.54, 1.807) is 17.7 Å². The summed E-state index contributed by atoms with van der Waals surface area (Å²) in [6.45, 7) is 5.79. The second-order valence-corrected chi connectivity index (χ2v) is 6.43. The highest BCUT2D eigenvalue weighted by Crippen LogP contribution is 2.24. The van der Waals surface area contributed by atoms with E-state index in [9.17, 15) is 0 Å². The van der Waals surface area contributed by atoms with Gasteiger partial charge in [-0.1, -0.05) is 6.42 Å². The molecule has 0 radical (unpaired) electrons. The van der Waals surface area contributed by atoms with Crippen molar-refractivity contribution >= 4 is 27.4 Å². The van der Waals surface area contributed by atoms with E-state index in [1.165, 1.54) is 43.5 Å². The predicted octanol–water partition coefficient (Wildman–Crippen LogP) is 3.37. The first-order valence-electron chi connectivity index (χ1n) is 7.51. The van der Waals surface area contributed by atoms with Crippen LogP contribution in [0.4, 0.5) is 5.82 Å². The molecule has 5 heteroatoms. The van der Waals surface area contributed by atoms with E-state index in [4.69, 9.17) is 0 Å². The zero-order valence-corrected chi connectivity index (χ0v) is 12.8. The number of nitrogens with zero attached hydrogens (tertiary/aromatic N) is 3. The topological polar surface area (TPSA) is 41.0 Å². The monoisotopic (exact) mass is 290 g/mol. The fourth-order valence-electron chi connectivity index (χ4n) is 2.89. The maximum absolute atomic E-state index is 4.35. The summed E-state index contributed by atoms with van der Waals surface area (Å²) in [6.07, 6.45) is 6.92. The van der Waals surface area contributed by atoms with Gasteiger partial charge in [0.15, 0.2) is 0 Å². The van der Waals surface area contributed by atoms with Crippen molar-refractivity contribution in [3.63, 3.8) is 0 Å². The smallest absolute Gasteiger partial charge is 0.147 e. The zero-order chi connectivity index (χ0) is 13.8. The van der Waals surface area contributed by atoms with Gasteiger partial charge in [0.25, 0.3) is 0 Å². The highest BCUT2D eigenvalue weighted by Gasteiger charge is 2.17. The number of likely N-dealkylation sites (tertiary alicyclic amines) is 1. The maximum Gasteiger partial charge on any atom is 0.147 e. The molecule has 2 aromatic rings. The van der Waals surface area contributed by atoms with Crippen molar-refractivity contribution in [3.8, 4) is 0 Å². The standard InChI is InChI=1S/C15H22N4S/c1-12-5-2-3-8-19(12)9-4-7-16-15-14-13(6-10-20-14)17-11-18-15/h6,10-12H,2-5,7-9H2,1H3,(H,16,17,18)/t12-/m1/s1. The van der Waals surface area contributed by atoms with Crippen molar-refractivity contribution in [2.45, 2.75) is 38.6 Å². The normalized spacial score (nSPS) is 20.4. The summed E-state index contributed by atoms with van der Waals surface area (Å²) in [5.41, 5.74) is 1.04. The Balaban J connectivity index is 1.49. The number of fused-ring (bicyclic) bond motifs is 1.